The van der Waals surface area contributed by atoms with Gasteiger partial charge in [0.2, 0.25) is 11.6 Å². The van der Waals surface area contributed by atoms with Crippen LogP contribution in [0.25, 0.3) is 17.2 Å². The maximum atomic E-state index is 14.5. The molecule has 0 bridgehead atoms. The summed E-state index contributed by atoms with van der Waals surface area (Å²) in [5.74, 6) is -3.04. The Hall–Kier alpha value is -6.92. The van der Waals surface area contributed by atoms with Crippen LogP contribution in [-0.4, -0.2) is 57.9 Å². The lowest BCUT2D eigenvalue weighted by Gasteiger charge is -2.15. The second-order valence-corrected chi connectivity index (χ2v) is 11.2. The molecule has 0 saturated heterocycles. The molecule has 1 atom stereocenters. The summed E-state index contributed by atoms with van der Waals surface area (Å²) in [6.07, 6.45) is 1.27. The third kappa shape index (κ3) is 5.68. The number of carbonyl (C=O) groups is 3. The van der Waals surface area contributed by atoms with Gasteiger partial charge in [0.15, 0.2) is 0 Å². The smallest absolute Gasteiger partial charge is 0.288 e. The van der Waals surface area contributed by atoms with Crippen LogP contribution in [0, 0.1) is 5.82 Å². The Morgan fingerprint density at radius 1 is 1.02 bits per heavy atom. The number of H-pyrrole nitrogens is 1. The third-order valence-electron chi connectivity index (χ3n) is 8.09. The summed E-state index contributed by atoms with van der Waals surface area (Å²) in [6, 6.07) is 10.6. The SMILES string of the molecule is NC(=O)c1nc2nc(C(=O)NCc3ccc(F)c(CNc4c(N)c(=O)c4=O)c3)cc(C(=O)N[C@H]3CCc4cc(-c5nn[nH]n5)ccc43)n2n1. The number of nitrogens with zero attached hydrogens (tertiary/aromatic N) is 7. The maximum absolute atomic E-state index is 14.5. The van der Waals surface area contributed by atoms with Crippen LogP contribution in [0.5, 0.6) is 0 Å². The molecule has 3 heterocycles. The first-order valence-corrected chi connectivity index (χ1v) is 14.7. The van der Waals surface area contributed by atoms with E-state index in [1.807, 2.05) is 18.2 Å². The Kier molecular flexibility index (Phi) is 7.54. The monoisotopic (exact) mass is 665 g/mol. The van der Waals surface area contributed by atoms with Gasteiger partial charge in [-0.2, -0.15) is 14.7 Å². The zero-order valence-corrected chi connectivity index (χ0v) is 25.2. The molecule has 3 aromatic carbocycles. The van der Waals surface area contributed by atoms with E-state index >= 15 is 0 Å². The minimum atomic E-state index is -0.959. The van der Waals surface area contributed by atoms with Gasteiger partial charge in [0.05, 0.1) is 6.04 Å². The van der Waals surface area contributed by atoms with Crippen molar-refractivity contribution in [3.05, 3.63) is 108 Å². The van der Waals surface area contributed by atoms with Gasteiger partial charge >= 0.3 is 0 Å². The van der Waals surface area contributed by atoms with E-state index in [9.17, 15) is 28.4 Å². The standard InChI is InChI=1S/C30H24FN13O5/c31-17-5-1-12(7-15(17)11-34-22-21(32)23(45)24(22)46)10-35-28(48)19-9-20(44-30(37-19)38-27(41-44)25(33)47)29(49)36-18-6-3-13-8-14(2-4-16(13)18)26-39-42-43-40-26/h1-2,4-5,7-9,18,34H,3,6,10-11,32H2,(H2,33,47)(H,35,48)(H,36,49)(H,39,40,42,43)/t18-/m0/s1. The number of rotatable bonds is 10. The molecule has 19 heteroatoms. The molecule has 1 aliphatic rings. The quantitative estimate of drug-likeness (QED) is 0.103. The van der Waals surface area contributed by atoms with Crippen molar-refractivity contribution in [1.29, 1.82) is 0 Å². The number of amides is 3. The van der Waals surface area contributed by atoms with Crippen molar-refractivity contribution in [1.82, 2.24) is 50.8 Å². The number of benzene rings is 2. The van der Waals surface area contributed by atoms with E-state index in [1.165, 1.54) is 24.3 Å². The van der Waals surface area contributed by atoms with Gasteiger partial charge < -0.3 is 27.4 Å². The van der Waals surface area contributed by atoms with Crippen LogP contribution < -0.4 is 38.3 Å². The molecule has 0 radical (unpaired) electrons. The van der Waals surface area contributed by atoms with E-state index < -0.39 is 40.2 Å². The number of primary amides is 1. The Bertz CT molecular complexity index is 2380. The number of aromatic nitrogens is 8. The molecule has 18 nitrogen and oxygen atoms in total. The maximum Gasteiger partial charge on any atom is 0.288 e. The fourth-order valence-corrected chi connectivity index (χ4v) is 5.59. The van der Waals surface area contributed by atoms with Gasteiger partial charge in [-0.15, -0.1) is 15.3 Å². The third-order valence-corrected chi connectivity index (χ3v) is 8.09. The number of anilines is 2. The number of hydrogen-bond acceptors (Lipinski definition) is 13. The molecule has 0 saturated carbocycles. The minimum absolute atomic E-state index is 0.0767. The normalized spacial score (nSPS) is 13.8. The first kappa shape index (κ1) is 30.7. The summed E-state index contributed by atoms with van der Waals surface area (Å²) in [6.45, 7) is -0.216. The predicted octanol–water partition coefficient (Wildman–Crippen LogP) is -0.320. The Morgan fingerprint density at radius 2 is 1.86 bits per heavy atom. The van der Waals surface area contributed by atoms with Crippen molar-refractivity contribution in [3.8, 4) is 11.4 Å². The molecule has 6 aromatic rings. The summed E-state index contributed by atoms with van der Waals surface area (Å²) in [5, 5.41) is 26.3. The number of carbonyl (C=O) groups excluding carboxylic acids is 3. The molecule has 0 fully saturated rings. The van der Waals surface area contributed by atoms with Crippen LogP contribution in [-0.2, 0) is 19.5 Å². The van der Waals surface area contributed by atoms with Crippen LogP contribution in [0.3, 0.4) is 0 Å². The van der Waals surface area contributed by atoms with Crippen molar-refractivity contribution in [2.24, 2.45) is 5.73 Å². The number of halogens is 1. The van der Waals surface area contributed by atoms with Gasteiger partial charge in [0.1, 0.15) is 28.6 Å². The summed E-state index contributed by atoms with van der Waals surface area (Å²) in [7, 11) is 0. The largest absolute Gasteiger partial charge is 0.394 e. The summed E-state index contributed by atoms with van der Waals surface area (Å²) in [4.78, 5) is 70.0. The lowest BCUT2D eigenvalue weighted by Crippen LogP contribution is -2.37. The number of aryl methyl sites for hydroxylation is 1. The minimum Gasteiger partial charge on any atom is -0.394 e. The summed E-state index contributed by atoms with van der Waals surface area (Å²) >= 11 is 0. The van der Waals surface area contributed by atoms with Gasteiger partial charge in [-0.25, -0.2) is 9.37 Å². The van der Waals surface area contributed by atoms with Crippen LogP contribution in [0.15, 0.2) is 52.1 Å². The highest BCUT2D eigenvalue weighted by Crippen LogP contribution is 2.33. The van der Waals surface area contributed by atoms with Crippen molar-refractivity contribution < 1.29 is 18.8 Å². The molecule has 1 aliphatic carbocycles. The summed E-state index contributed by atoms with van der Waals surface area (Å²) < 4.78 is 15.5. The number of tetrazole rings is 1. The molecule has 49 heavy (non-hydrogen) atoms. The average molecular weight is 666 g/mol. The van der Waals surface area contributed by atoms with Gasteiger partial charge in [-0.3, -0.25) is 24.0 Å². The van der Waals surface area contributed by atoms with Gasteiger partial charge in [0, 0.05) is 30.3 Å². The molecule has 3 aromatic heterocycles. The number of fused-ring (bicyclic) bond motifs is 2. The zero-order valence-electron chi connectivity index (χ0n) is 25.2. The fraction of sp³-hybridized carbons (Fsp3) is 0.167. The molecule has 0 unspecified atom stereocenters. The van der Waals surface area contributed by atoms with E-state index in [-0.39, 0.29) is 53.2 Å². The van der Waals surface area contributed by atoms with Crippen LogP contribution in [0.2, 0.25) is 0 Å². The molecule has 0 spiro atoms. The number of nitrogens with two attached hydrogens (primary N) is 2. The number of aromatic amines is 1. The average Bonchev–Trinajstić information content (AvgIpc) is 3.88. The van der Waals surface area contributed by atoms with Crippen molar-refractivity contribution in [2.75, 3.05) is 11.1 Å². The number of nitrogens with one attached hydrogen (secondary N) is 4. The van der Waals surface area contributed by atoms with E-state index in [4.69, 9.17) is 11.5 Å². The molecular formula is C30H24FN13O5. The topological polar surface area (TPSA) is 271 Å². The number of nitrogen functional groups attached to an aromatic ring is 1. The lowest BCUT2D eigenvalue weighted by atomic mass is 10.0. The van der Waals surface area contributed by atoms with Crippen molar-refractivity contribution in [3.63, 3.8) is 0 Å². The van der Waals surface area contributed by atoms with E-state index in [0.717, 1.165) is 21.2 Å². The first-order valence-electron chi connectivity index (χ1n) is 14.7. The van der Waals surface area contributed by atoms with Gasteiger partial charge in [-0.1, -0.05) is 18.2 Å². The van der Waals surface area contributed by atoms with Crippen molar-refractivity contribution in [2.45, 2.75) is 32.0 Å². The molecule has 0 aliphatic heterocycles. The van der Waals surface area contributed by atoms with Crippen LogP contribution in [0.1, 0.15) is 66.3 Å². The molecule has 246 valence electrons. The fourth-order valence-electron chi connectivity index (χ4n) is 5.59. The van der Waals surface area contributed by atoms with Crippen LogP contribution >= 0.6 is 0 Å². The van der Waals surface area contributed by atoms with Crippen molar-refractivity contribution >= 4 is 34.9 Å². The molecular weight excluding hydrogens is 641 g/mol. The van der Waals surface area contributed by atoms with E-state index in [1.54, 1.807) is 0 Å². The first-order chi connectivity index (χ1) is 23.6. The number of hydrogen-bond donors (Lipinski definition) is 6. The van der Waals surface area contributed by atoms with Crippen LogP contribution in [0.4, 0.5) is 15.8 Å². The Balaban J connectivity index is 1.10. The van der Waals surface area contributed by atoms with Gasteiger partial charge in [0.25, 0.3) is 34.4 Å². The Morgan fingerprint density at radius 3 is 2.61 bits per heavy atom. The highest BCUT2D eigenvalue weighted by molar-refractivity contribution is 5.98. The molecule has 3 amide bonds. The highest BCUT2D eigenvalue weighted by Gasteiger charge is 2.28. The molecule has 7 rings (SSSR count). The van der Waals surface area contributed by atoms with E-state index in [0.29, 0.717) is 24.2 Å². The Labute approximate surface area is 272 Å². The molecule has 8 N–H and O–H groups in total. The lowest BCUT2D eigenvalue weighted by molar-refractivity contribution is 0.0926. The van der Waals surface area contributed by atoms with Gasteiger partial charge in [-0.05, 0) is 52.9 Å². The summed E-state index contributed by atoms with van der Waals surface area (Å²) in [5.41, 5.74) is 12.0. The second-order valence-electron chi connectivity index (χ2n) is 11.2. The predicted molar refractivity (Wildman–Crippen MR) is 168 cm³/mol. The highest BCUT2D eigenvalue weighted by atomic mass is 19.1. The zero-order chi connectivity index (χ0) is 34.4. The second kappa shape index (κ2) is 12.0. The van der Waals surface area contributed by atoms with E-state index in [2.05, 4.69) is 51.6 Å².